The second-order valence-corrected chi connectivity index (χ2v) is 8.73. The van der Waals surface area contributed by atoms with E-state index in [4.69, 9.17) is 9.72 Å². The highest BCUT2D eigenvalue weighted by molar-refractivity contribution is 7.25. The van der Waals surface area contributed by atoms with Crippen LogP contribution in [0.4, 0.5) is 0 Å². The maximum Gasteiger partial charge on any atom is 0.217 e. The zero-order valence-electron chi connectivity index (χ0n) is 17.2. The second kappa shape index (κ2) is 7.32. The van der Waals surface area contributed by atoms with Gasteiger partial charge >= 0.3 is 0 Å². The van der Waals surface area contributed by atoms with Gasteiger partial charge in [-0.2, -0.15) is 4.98 Å². The highest BCUT2D eigenvalue weighted by Gasteiger charge is 2.14. The maximum absolute atomic E-state index is 10.3. The average Bonchev–Trinajstić information content (AvgIpc) is 3.19. The predicted octanol–water partition coefficient (Wildman–Crippen LogP) is 7.05. The SMILES string of the molecule is COc1cc(-c2ccc3c(c2)sc2cc4ccccc4cc23)nc(-c2ccccc2O)n1. The van der Waals surface area contributed by atoms with Crippen molar-refractivity contribution in [1.29, 1.82) is 0 Å². The molecule has 4 aromatic carbocycles. The molecule has 0 saturated carbocycles. The third kappa shape index (κ3) is 3.06. The Morgan fingerprint density at radius 1 is 0.750 bits per heavy atom. The van der Waals surface area contributed by atoms with Crippen LogP contribution in [-0.4, -0.2) is 22.2 Å². The summed E-state index contributed by atoms with van der Waals surface area (Å²) >= 11 is 1.78. The molecule has 0 aliphatic heterocycles. The van der Waals surface area contributed by atoms with Gasteiger partial charge in [0.2, 0.25) is 5.88 Å². The van der Waals surface area contributed by atoms with Gasteiger partial charge in [0.05, 0.1) is 18.4 Å². The van der Waals surface area contributed by atoms with Crippen LogP contribution >= 0.6 is 11.3 Å². The number of aromatic nitrogens is 2. The molecule has 0 saturated heterocycles. The number of nitrogens with zero attached hydrogens (tertiary/aromatic N) is 2. The van der Waals surface area contributed by atoms with Crippen LogP contribution in [0.1, 0.15) is 0 Å². The quantitative estimate of drug-likeness (QED) is 0.324. The van der Waals surface area contributed by atoms with E-state index < -0.39 is 0 Å². The summed E-state index contributed by atoms with van der Waals surface area (Å²) in [4.78, 5) is 9.19. The Kier molecular flexibility index (Phi) is 4.30. The van der Waals surface area contributed by atoms with E-state index in [0.717, 1.165) is 11.3 Å². The summed E-state index contributed by atoms with van der Waals surface area (Å²) < 4.78 is 7.90. The van der Waals surface area contributed by atoms with Crippen LogP contribution in [0.2, 0.25) is 0 Å². The molecule has 2 aromatic heterocycles. The Morgan fingerprint density at radius 2 is 1.50 bits per heavy atom. The molecule has 4 nitrogen and oxygen atoms in total. The van der Waals surface area contributed by atoms with Gasteiger partial charge in [0, 0.05) is 31.8 Å². The average molecular weight is 435 g/mol. The van der Waals surface area contributed by atoms with E-state index >= 15 is 0 Å². The van der Waals surface area contributed by atoms with Gasteiger partial charge < -0.3 is 9.84 Å². The number of rotatable bonds is 3. The third-order valence-electron chi connectivity index (χ3n) is 5.69. The summed E-state index contributed by atoms with van der Waals surface area (Å²) in [6.07, 6.45) is 0. The second-order valence-electron chi connectivity index (χ2n) is 7.64. The third-order valence-corrected chi connectivity index (χ3v) is 6.81. The monoisotopic (exact) mass is 434 g/mol. The Labute approximate surface area is 188 Å². The Balaban J connectivity index is 1.53. The Hall–Kier alpha value is -3.96. The number of hydrogen-bond donors (Lipinski definition) is 1. The Morgan fingerprint density at radius 3 is 2.31 bits per heavy atom. The van der Waals surface area contributed by atoms with E-state index in [0.29, 0.717) is 17.3 Å². The molecule has 0 spiro atoms. The summed E-state index contributed by atoms with van der Waals surface area (Å²) in [6, 6.07) is 28.3. The number of fused-ring (bicyclic) bond motifs is 4. The lowest BCUT2D eigenvalue weighted by Gasteiger charge is -2.09. The topological polar surface area (TPSA) is 55.2 Å². The molecule has 6 rings (SSSR count). The number of phenolic OH excluding ortho intramolecular Hbond substituents is 1. The van der Waals surface area contributed by atoms with Crippen LogP contribution in [0.3, 0.4) is 0 Å². The van der Waals surface area contributed by atoms with Crippen molar-refractivity contribution in [1.82, 2.24) is 9.97 Å². The number of benzene rings is 4. The summed E-state index contributed by atoms with van der Waals surface area (Å²) in [6.45, 7) is 0. The minimum absolute atomic E-state index is 0.138. The number of aromatic hydroxyl groups is 1. The molecule has 0 atom stereocenters. The molecule has 0 aliphatic rings. The highest BCUT2D eigenvalue weighted by Crippen LogP contribution is 2.39. The molecular weight excluding hydrogens is 416 g/mol. The number of phenols is 1. The van der Waals surface area contributed by atoms with Crippen LogP contribution < -0.4 is 4.74 Å². The van der Waals surface area contributed by atoms with E-state index in [9.17, 15) is 5.11 Å². The minimum Gasteiger partial charge on any atom is -0.507 e. The summed E-state index contributed by atoms with van der Waals surface area (Å²) in [5.74, 6) is 1.02. The minimum atomic E-state index is 0.138. The van der Waals surface area contributed by atoms with Gasteiger partial charge in [-0.1, -0.05) is 48.5 Å². The zero-order valence-corrected chi connectivity index (χ0v) is 18.1. The number of para-hydroxylation sites is 1. The fourth-order valence-corrected chi connectivity index (χ4v) is 5.26. The first-order chi connectivity index (χ1) is 15.7. The van der Waals surface area contributed by atoms with E-state index in [1.54, 1.807) is 36.6 Å². The maximum atomic E-state index is 10.3. The van der Waals surface area contributed by atoms with Crippen LogP contribution in [0.15, 0.2) is 84.9 Å². The molecule has 0 amide bonds. The van der Waals surface area contributed by atoms with Crippen molar-refractivity contribution in [3.63, 3.8) is 0 Å². The van der Waals surface area contributed by atoms with Gasteiger partial charge in [-0.05, 0) is 41.1 Å². The van der Waals surface area contributed by atoms with Crippen LogP contribution in [0.25, 0.3) is 53.6 Å². The first-order valence-electron chi connectivity index (χ1n) is 10.3. The van der Waals surface area contributed by atoms with Crippen LogP contribution in [0.5, 0.6) is 11.6 Å². The molecule has 0 unspecified atom stereocenters. The molecule has 1 N–H and O–H groups in total. The van der Waals surface area contributed by atoms with Crippen molar-refractivity contribution < 1.29 is 9.84 Å². The van der Waals surface area contributed by atoms with Gasteiger partial charge in [0.15, 0.2) is 5.82 Å². The Bertz CT molecular complexity index is 1640. The number of methoxy groups -OCH3 is 1. The lowest BCUT2D eigenvalue weighted by Crippen LogP contribution is -1.96. The lowest BCUT2D eigenvalue weighted by molar-refractivity contribution is 0.397. The predicted molar refractivity (Wildman–Crippen MR) is 132 cm³/mol. The first kappa shape index (κ1) is 18.8. The summed E-state index contributed by atoms with van der Waals surface area (Å²) in [7, 11) is 1.58. The van der Waals surface area contributed by atoms with E-state index in [2.05, 4.69) is 59.6 Å². The zero-order chi connectivity index (χ0) is 21.7. The summed E-state index contributed by atoms with van der Waals surface area (Å²) in [5, 5.41) is 15.3. The number of hydrogen-bond acceptors (Lipinski definition) is 5. The van der Waals surface area contributed by atoms with Gasteiger partial charge in [-0.3, -0.25) is 0 Å². The van der Waals surface area contributed by atoms with Crippen molar-refractivity contribution in [3.05, 3.63) is 84.9 Å². The highest BCUT2D eigenvalue weighted by atomic mass is 32.1. The lowest BCUT2D eigenvalue weighted by atomic mass is 10.0. The molecular formula is C27H18N2O2S. The van der Waals surface area contributed by atoms with E-state index in [-0.39, 0.29) is 5.75 Å². The molecule has 0 aliphatic carbocycles. The molecule has 0 fully saturated rings. The fraction of sp³-hybridized carbons (Fsp3) is 0.0370. The number of thiophene rings is 1. The molecule has 5 heteroatoms. The summed E-state index contributed by atoms with van der Waals surface area (Å²) in [5.41, 5.74) is 2.30. The molecule has 0 radical (unpaired) electrons. The van der Waals surface area contributed by atoms with E-state index in [1.807, 2.05) is 12.1 Å². The van der Waals surface area contributed by atoms with E-state index in [1.165, 1.54) is 30.9 Å². The normalized spacial score (nSPS) is 11.4. The molecule has 2 heterocycles. The van der Waals surface area contributed by atoms with Gasteiger partial charge in [-0.25, -0.2) is 4.98 Å². The van der Waals surface area contributed by atoms with Crippen LogP contribution in [0, 0.1) is 0 Å². The molecule has 32 heavy (non-hydrogen) atoms. The smallest absolute Gasteiger partial charge is 0.217 e. The fourth-order valence-electron chi connectivity index (χ4n) is 4.08. The molecule has 154 valence electrons. The standard InChI is InChI=1S/C27H18N2O2S/c1-31-26-15-22(28-27(29-26)20-8-4-5-9-23(20)30)18-10-11-19-21-12-16-6-2-3-7-17(16)13-25(21)32-24(19)14-18/h2-15,30H,1H3. The van der Waals surface area contributed by atoms with Crippen molar-refractivity contribution in [2.75, 3.05) is 7.11 Å². The molecule has 0 bridgehead atoms. The van der Waals surface area contributed by atoms with Gasteiger partial charge in [0.25, 0.3) is 0 Å². The van der Waals surface area contributed by atoms with Crippen molar-refractivity contribution in [2.45, 2.75) is 0 Å². The number of ether oxygens (including phenoxy) is 1. The first-order valence-corrected chi connectivity index (χ1v) is 11.1. The van der Waals surface area contributed by atoms with Crippen molar-refractivity contribution in [3.8, 4) is 34.3 Å². The van der Waals surface area contributed by atoms with Crippen molar-refractivity contribution in [2.24, 2.45) is 0 Å². The largest absolute Gasteiger partial charge is 0.507 e. The van der Waals surface area contributed by atoms with Gasteiger partial charge in [0.1, 0.15) is 5.75 Å². The van der Waals surface area contributed by atoms with Gasteiger partial charge in [-0.15, -0.1) is 11.3 Å². The van der Waals surface area contributed by atoms with Crippen molar-refractivity contribution >= 4 is 42.3 Å². The van der Waals surface area contributed by atoms with Crippen LogP contribution in [-0.2, 0) is 0 Å². The molecule has 6 aromatic rings.